The van der Waals surface area contributed by atoms with Gasteiger partial charge in [-0.1, -0.05) is 24.6 Å². The van der Waals surface area contributed by atoms with E-state index in [1.165, 1.54) is 5.57 Å². The summed E-state index contributed by atoms with van der Waals surface area (Å²) in [6.45, 7) is 5.87. The van der Waals surface area contributed by atoms with Crippen LogP contribution in [0, 0.1) is 34.5 Å². The molecule has 6 nitrogen and oxygen atoms in total. The third-order valence-corrected chi connectivity index (χ3v) is 8.79. The van der Waals surface area contributed by atoms with Crippen LogP contribution in [0.3, 0.4) is 0 Å². The summed E-state index contributed by atoms with van der Waals surface area (Å²) in [5, 5.41) is 23.5. The maximum atomic E-state index is 12.4. The van der Waals surface area contributed by atoms with Gasteiger partial charge in [-0.25, -0.2) is 4.79 Å². The number of allylic oxidation sites excluding steroid dienone is 1. The van der Waals surface area contributed by atoms with E-state index in [9.17, 15) is 14.7 Å². The van der Waals surface area contributed by atoms with Gasteiger partial charge >= 0.3 is 5.97 Å². The summed E-state index contributed by atoms with van der Waals surface area (Å²) in [7, 11) is 0. The minimum atomic E-state index is -1.04. The molecule has 3 fully saturated rings. The third-order valence-electron chi connectivity index (χ3n) is 8.79. The second-order valence-corrected chi connectivity index (χ2v) is 10.2. The normalized spacial score (nSPS) is 45.0. The monoisotopic (exact) mass is 403 g/mol. The molecule has 160 valence electrons. The van der Waals surface area contributed by atoms with Crippen molar-refractivity contribution >= 4 is 17.5 Å². The van der Waals surface area contributed by atoms with E-state index in [4.69, 9.17) is 9.94 Å². The minimum absolute atomic E-state index is 0.0313. The van der Waals surface area contributed by atoms with Gasteiger partial charge in [0.15, 0.2) is 0 Å². The molecule has 0 bridgehead atoms. The Morgan fingerprint density at radius 3 is 2.62 bits per heavy atom. The smallest absolute Gasteiger partial charge is 0.344 e. The van der Waals surface area contributed by atoms with E-state index in [1.807, 2.05) is 0 Å². The molecule has 4 aliphatic rings. The van der Waals surface area contributed by atoms with Gasteiger partial charge in [-0.15, -0.1) is 0 Å². The number of nitrogens with zero attached hydrogens (tertiary/aromatic N) is 1. The molecule has 0 aromatic carbocycles. The molecule has 0 heterocycles. The molecule has 29 heavy (non-hydrogen) atoms. The van der Waals surface area contributed by atoms with Crippen LogP contribution in [0.1, 0.15) is 65.7 Å². The first kappa shape index (κ1) is 20.6. The van der Waals surface area contributed by atoms with Gasteiger partial charge in [0, 0.05) is 11.8 Å². The predicted molar refractivity (Wildman–Crippen MR) is 108 cm³/mol. The van der Waals surface area contributed by atoms with Crippen LogP contribution in [-0.4, -0.2) is 40.4 Å². The summed E-state index contributed by atoms with van der Waals surface area (Å²) in [6.07, 6.45) is 8.18. The SMILES string of the molecule is CC(=O)C1CCC2C3/C(=N\OCC(=O)O)C=C4C[C@@H](O)CC[C@]4(C)C3CC[C@]12C. The van der Waals surface area contributed by atoms with Gasteiger partial charge in [-0.3, -0.25) is 4.79 Å². The Kier molecular flexibility index (Phi) is 5.12. The summed E-state index contributed by atoms with van der Waals surface area (Å²) in [6, 6.07) is 0. The summed E-state index contributed by atoms with van der Waals surface area (Å²) in [5.41, 5.74) is 2.04. The van der Waals surface area contributed by atoms with Crippen molar-refractivity contribution in [1.82, 2.24) is 0 Å². The lowest BCUT2D eigenvalue weighted by Gasteiger charge is -2.57. The van der Waals surface area contributed by atoms with E-state index < -0.39 is 12.6 Å². The number of aliphatic carboxylic acids is 1. The zero-order valence-electron chi connectivity index (χ0n) is 17.7. The lowest BCUT2D eigenvalue weighted by molar-refractivity contribution is -0.142. The summed E-state index contributed by atoms with van der Waals surface area (Å²) >= 11 is 0. The fourth-order valence-corrected chi connectivity index (χ4v) is 7.32. The average molecular weight is 404 g/mol. The number of carboxylic acid groups (broad SMARTS) is 1. The van der Waals surface area contributed by atoms with Gasteiger partial charge in [-0.05, 0) is 80.6 Å². The number of hydrogen-bond donors (Lipinski definition) is 2. The van der Waals surface area contributed by atoms with Crippen molar-refractivity contribution in [1.29, 1.82) is 0 Å². The molecule has 3 saturated carbocycles. The highest BCUT2D eigenvalue weighted by molar-refractivity contribution is 5.99. The lowest BCUT2D eigenvalue weighted by Crippen LogP contribution is -2.53. The van der Waals surface area contributed by atoms with Crippen molar-refractivity contribution < 1.29 is 24.6 Å². The number of aliphatic hydroxyl groups excluding tert-OH is 1. The number of Topliss-reactive ketones (excluding diaryl/α,β-unsaturated/α-hetero) is 1. The van der Waals surface area contributed by atoms with Crippen LogP contribution < -0.4 is 0 Å². The molecule has 0 aliphatic heterocycles. The van der Waals surface area contributed by atoms with Crippen molar-refractivity contribution in [2.24, 2.45) is 39.7 Å². The number of carboxylic acids is 1. The van der Waals surface area contributed by atoms with Crippen LogP contribution in [-0.2, 0) is 14.4 Å². The largest absolute Gasteiger partial charge is 0.479 e. The van der Waals surface area contributed by atoms with Gasteiger partial charge in [-0.2, -0.15) is 0 Å². The van der Waals surface area contributed by atoms with Gasteiger partial charge in [0.2, 0.25) is 6.61 Å². The standard InChI is InChI=1S/C23H33NO5/c1-13(25)16-4-5-17-21-18(7-9-23(16,17)3)22(2)8-6-15(26)10-14(22)11-19(21)24-29-12-20(27)28/h11,15-18,21,26H,4-10,12H2,1-3H3,(H,27,28)/b24-19-/t15-,16?,17?,18?,21?,22-,23+/m0/s1. The van der Waals surface area contributed by atoms with E-state index >= 15 is 0 Å². The Labute approximate surface area is 172 Å². The molecule has 2 N–H and O–H groups in total. The molecule has 4 unspecified atom stereocenters. The van der Waals surface area contributed by atoms with Crippen molar-refractivity contribution in [3.8, 4) is 0 Å². The van der Waals surface area contributed by atoms with E-state index in [0.29, 0.717) is 18.3 Å². The number of fused-ring (bicyclic) bond motifs is 5. The quantitative estimate of drug-likeness (QED) is 0.700. The van der Waals surface area contributed by atoms with Crippen molar-refractivity contribution in [2.45, 2.75) is 71.8 Å². The Morgan fingerprint density at radius 2 is 1.93 bits per heavy atom. The molecule has 0 spiro atoms. The van der Waals surface area contributed by atoms with E-state index in [-0.39, 0.29) is 34.6 Å². The second kappa shape index (κ2) is 7.22. The van der Waals surface area contributed by atoms with Gasteiger partial charge < -0.3 is 15.1 Å². The first-order valence-electron chi connectivity index (χ1n) is 11.0. The summed E-state index contributed by atoms with van der Waals surface area (Å²) in [5.74, 6) is 0.262. The number of hydrogen-bond acceptors (Lipinski definition) is 5. The molecule has 4 aliphatic carbocycles. The number of ketones is 1. The number of aliphatic hydroxyl groups is 1. The summed E-state index contributed by atoms with van der Waals surface area (Å²) < 4.78 is 0. The zero-order chi connectivity index (χ0) is 21.0. The number of carbonyl (C=O) groups is 2. The van der Waals surface area contributed by atoms with Crippen molar-refractivity contribution in [3.05, 3.63) is 11.6 Å². The van der Waals surface area contributed by atoms with Crippen LogP contribution in [0.15, 0.2) is 16.8 Å². The zero-order valence-corrected chi connectivity index (χ0v) is 17.7. The van der Waals surface area contributed by atoms with Crippen LogP contribution in [0.2, 0.25) is 0 Å². The highest BCUT2D eigenvalue weighted by Crippen LogP contribution is 2.65. The highest BCUT2D eigenvalue weighted by Gasteiger charge is 2.61. The van der Waals surface area contributed by atoms with Crippen LogP contribution in [0.4, 0.5) is 0 Å². The maximum absolute atomic E-state index is 12.4. The van der Waals surface area contributed by atoms with Crippen LogP contribution in [0.5, 0.6) is 0 Å². The Bertz CT molecular complexity index is 773. The molecule has 0 aromatic rings. The highest BCUT2D eigenvalue weighted by atomic mass is 16.6. The minimum Gasteiger partial charge on any atom is -0.479 e. The topological polar surface area (TPSA) is 96.2 Å². The molecule has 7 atom stereocenters. The van der Waals surface area contributed by atoms with Crippen LogP contribution in [0.25, 0.3) is 0 Å². The molecule has 0 saturated heterocycles. The first-order chi connectivity index (χ1) is 13.7. The van der Waals surface area contributed by atoms with Gasteiger partial charge in [0.05, 0.1) is 11.8 Å². The molecular weight excluding hydrogens is 370 g/mol. The Morgan fingerprint density at radius 1 is 1.17 bits per heavy atom. The second-order valence-electron chi connectivity index (χ2n) is 10.2. The molecule has 0 radical (unpaired) electrons. The van der Waals surface area contributed by atoms with Gasteiger partial charge in [0.25, 0.3) is 0 Å². The molecule has 0 amide bonds. The lowest BCUT2D eigenvalue weighted by atomic mass is 9.47. The number of rotatable bonds is 4. The molecule has 6 heteroatoms. The Hall–Kier alpha value is -1.69. The van der Waals surface area contributed by atoms with E-state index in [2.05, 4.69) is 25.1 Å². The first-order valence-corrected chi connectivity index (χ1v) is 11.0. The van der Waals surface area contributed by atoms with Crippen molar-refractivity contribution in [2.75, 3.05) is 6.61 Å². The van der Waals surface area contributed by atoms with Crippen molar-refractivity contribution in [3.63, 3.8) is 0 Å². The fourth-order valence-electron chi connectivity index (χ4n) is 7.32. The molecule has 4 rings (SSSR count). The van der Waals surface area contributed by atoms with E-state index in [0.717, 1.165) is 44.2 Å². The molecular formula is C23H33NO5. The number of oxime groups is 1. The predicted octanol–water partition coefficient (Wildman–Crippen LogP) is 3.58. The Balaban J connectivity index is 1.75. The maximum Gasteiger partial charge on any atom is 0.344 e. The van der Waals surface area contributed by atoms with Crippen LogP contribution >= 0.6 is 0 Å². The average Bonchev–Trinajstić information content (AvgIpc) is 3.00. The van der Waals surface area contributed by atoms with E-state index in [1.54, 1.807) is 6.92 Å². The number of carbonyl (C=O) groups excluding carboxylic acids is 1. The molecule has 0 aromatic heterocycles. The third kappa shape index (κ3) is 3.24. The summed E-state index contributed by atoms with van der Waals surface area (Å²) in [4.78, 5) is 28.5. The van der Waals surface area contributed by atoms with Gasteiger partial charge in [0.1, 0.15) is 5.78 Å². The fraction of sp³-hybridized carbons (Fsp3) is 0.783.